The summed E-state index contributed by atoms with van der Waals surface area (Å²) >= 11 is 0. The highest BCUT2D eigenvalue weighted by Gasteiger charge is 2.58. The zero-order valence-electron chi connectivity index (χ0n) is 17.6. The second-order valence-corrected chi connectivity index (χ2v) is 8.83. The Hall–Kier alpha value is -1.46. The van der Waals surface area contributed by atoms with E-state index in [-0.39, 0.29) is 30.8 Å². The molecule has 1 rings (SSSR count). The van der Waals surface area contributed by atoms with E-state index in [2.05, 4.69) is 0 Å². The fourth-order valence-electron chi connectivity index (χ4n) is 3.41. The number of ketones is 2. The third-order valence-corrected chi connectivity index (χ3v) is 5.23. The Labute approximate surface area is 163 Å². The molecular formula is C22H36O5. The van der Waals surface area contributed by atoms with E-state index in [1.807, 2.05) is 41.5 Å². The topological polar surface area (TPSA) is 94.8 Å². The first-order chi connectivity index (χ1) is 12.4. The molecule has 0 saturated carbocycles. The van der Waals surface area contributed by atoms with Crippen molar-refractivity contribution < 1.29 is 24.9 Å². The Morgan fingerprint density at radius 2 is 1.67 bits per heavy atom. The minimum atomic E-state index is -2.11. The molecule has 0 heterocycles. The van der Waals surface area contributed by atoms with E-state index >= 15 is 0 Å². The molecule has 2 unspecified atom stereocenters. The van der Waals surface area contributed by atoms with Crippen LogP contribution in [0, 0.1) is 17.8 Å². The number of hydrogen-bond acceptors (Lipinski definition) is 5. The summed E-state index contributed by atoms with van der Waals surface area (Å²) < 4.78 is 0. The Kier molecular flexibility index (Phi) is 8.43. The zero-order valence-corrected chi connectivity index (χ0v) is 17.6. The molecule has 5 heteroatoms. The minimum Gasteiger partial charge on any atom is -0.508 e. The van der Waals surface area contributed by atoms with Gasteiger partial charge in [-0.3, -0.25) is 9.59 Å². The molecule has 3 atom stereocenters. The fraction of sp³-hybridized carbons (Fsp3) is 0.727. The second-order valence-electron chi connectivity index (χ2n) is 8.83. The quantitative estimate of drug-likeness (QED) is 0.395. The fourth-order valence-corrected chi connectivity index (χ4v) is 3.41. The summed E-state index contributed by atoms with van der Waals surface area (Å²) in [6.07, 6.45) is 2.25. The molecule has 0 bridgehead atoms. The molecule has 0 aliphatic heterocycles. The van der Waals surface area contributed by atoms with Gasteiger partial charge >= 0.3 is 0 Å². The number of carbonyl (C=O) groups excluding carboxylic acids is 2. The first-order valence-electron chi connectivity index (χ1n) is 9.97. The SMILES string of the molecule is CC(C)=CC[C@@H]1C(=O)C(C(=O)CCC(C)C)=C(O)C1(O)C(O)CCC(C)C. The monoisotopic (exact) mass is 380 g/mol. The highest BCUT2D eigenvalue weighted by atomic mass is 16.4. The molecule has 0 saturated heterocycles. The average Bonchev–Trinajstić information content (AvgIpc) is 2.75. The second kappa shape index (κ2) is 9.65. The van der Waals surface area contributed by atoms with Gasteiger partial charge in [-0.1, -0.05) is 39.3 Å². The van der Waals surface area contributed by atoms with E-state index < -0.39 is 34.9 Å². The van der Waals surface area contributed by atoms with Gasteiger partial charge < -0.3 is 15.3 Å². The summed E-state index contributed by atoms with van der Waals surface area (Å²) in [4.78, 5) is 25.5. The lowest BCUT2D eigenvalue weighted by molar-refractivity contribution is -0.135. The van der Waals surface area contributed by atoms with Crippen LogP contribution in [-0.4, -0.2) is 38.6 Å². The summed E-state index contributed by atoms with van der Waals surface area (Å²) in [7, 11) is 0. The van der Waals surface area contributed by atoms with Gasteiger partial charge in [0.2, 0.25) is 0 Å². The zero-order chi connectivity index (χ0) is 20.9. The minimum absolute atomic E-state index is 0.135. The molecule has 0 spiro atoms. The van der Waals surface area contributed by atoms with Gasteiger partial charge in [0.1, 0.15) is 11.3 Å². The lowest BCUT2D eigenvalue weighted by Crippen LogP contribution is -2.49. The van der Waals surface area contributed by atoms with E-state index in [0.29, 0.717) is 18.8 Å². The maximum atomic E-state index is 12.9. The summed E-state index contributed by atoms with van der Waals surface area (Å²) in [6.45, 7) is 11.7. The number of aliphatic hydroxyl groups excluding tert-OH is 2. The average molecular weight is 381 g/mol. The Morgan fingerprint density at radius 1 is 1.11 bits per heavy atom. The molecule has 0 aromatic heterocycles. The van der Waals surface area contributed by atoms with Crippen LogP contribution < -0.4 is 0 Å². The summed E-state index contributed by atoms with van der Waals surface area (Å²) in [5.41, 5.74) is -1.48. The van der Waals surface area contributed by atoms with Gasteiger partial charge in [-0.2, -0.15) is 0 Å². The Morgan fingerprint density at radius 3 is 2.15 bits per heavy atom. The molecule has 0 amide bonds. The standard InChI is InChI=1S/C22H36O5/c1-13(2)7-10-16-20(25)19(17(23)11-8-14(3)4)21(26)22(16,27)18(24)12-9-15(5)6/h7,14-16,18,24,26-27H,8-12H2,1-6H3/t16-,18?,22?/m1/s1. The molecule has 1 aliphatic carbocycles. The van der Waals surface area contributed by atoms with Crippen molar-refractivity contribution in [2.24, 2.45) is 17.8 Å². The van der Waals surface area contributed by atoms with Crippen molar-refractivity contribution in [2.75, 3.05) is 0 Å². The largest absolute Gasteiger partial charge is 0.508 e. The third-order valence-electron chi connectivity index (χ3n) is 5.23. The van der Waals surface area contributed by atoms with Crippen LogP contribution in [0.1, 0.15) is 73.6 Å². The van der Waals surface area contributed by atoms with Crippen LogP contribution in [0.15, 0.2) is 23.0 Å². The highest BCUT2D eigenvalue weighted by Crippen LogP contribution is 2.43. The van der Waals surface area contributed by atoms with E-state index in [1.165, 1.54) is 0 Å². The predicted octanol–water partition coefficient (Wildman–Crippen LogP) is 3.89. The number of Topliss-reactive ketones (excluding diaryl/α,β-unsaturated/α-hetero) is 2. The lowest BCUT2D eigenvalue weighted by atomic mass is 9.79. The van der Waals surface area contributed by atoms with Crippen molar-refractivity contribution in [1.82, 2.24) is 0 Å². The maximum absolute atomic E-state index is 12.9. The van der Waals surface area contributed by atoms with Gasteiger partial charge in [0, 0.05) is 6.42 Å². The molecule has 0 fully saturated rings. The Bertz CT molecular complexity index is 610. The summed E-state index contributed by atoms with van der Waals surface area (Å²) in [6, 6.07) is 0. The van der Waals surface area contributed by atoms with Crippen molar-refractivity contribution in [3.05, 3.63) is 23.0 Å². The molecule has 0 radical (unpaired) electrons. The number of allylic oxidation sites excluding steroid dienone is 3. The van der Waals surface area contributed by atoms with Gasteiger partial charge in [0.15, 0.2) is 17.2 Å². The third kappa shape index (κ3) is 5.52. The van der Waals surface area contributed by atoms with Crippen LogP contribution in [-0.2, 0) is 9.59 Å². The molecule has 1 aliphatic rings. The molecular weight excluding hydrogens is 344 g/mol. The van der Waals surface area contributed by atoms with Crippen molar-refractivity contribution in [3.8, 4) is 0 Å². The molecule has 27 heavy (non-hydrogen) atoms. The lowest BCUT2D eigenvalue weighted by Gasteiger charge is -2.34. The van der Waals surface area contributed by atoms with Crippen LogP contribution in [0.3, 0.4) is 0 Å². The van der Waals surface area contributed by atoms with Crippen LogP contribution >= 0.6 is 0 Å². The van der Waals surface area contributed by atoms with Crippen molar-refractivity contribution in [3.63, 3.8) is 0 Å². The van der Waals surface area contributed by atoms with E-state index in [1.54, 1.807) is 6.08 Å². The van der Waals surface area contributed by atoms with E-state index in [4.69, 9.17) is 0 Å². The molecule has 154 valence electrons. The summed E-state index contributed by atoms with van der Waals surface area (Å²) in [5, 5.41) is 32.6. The van der Waals surface area contributed by atoms with Crippen LogP contribution in [0.2, 0.25) is 0 Å². The summed E-state index contributed by atoms with van der Waals surface area (Å²) in [5.74, 6) is -2.14. The highest BCUT2D eigenvalue weighted by molar-refractivity contribution is 6.23. The smallest absolute Gasteiger partial charge is 0.176 e. The Balaban J connectivity index is 3.26. The number of aliphatic hydroxyl groups is 3. The molecule has 3 N–H and O–H groups in total. The van der Waals surface area contributed by atoms with E-state index in [9.17, 15) is 24.9 Å². The van der Waals surface area contributed by atoms with E-state index in [0.717, 1.165) is 5.57 Å². The number of hydrogen-bond donors (Lipinski definition) is 3. The molecule has 5 nitrogen and oxygen atoms in total. The van der Waals surface area contributed by atoms with Gasteiger partial charge in [0.25, 0.3) is 0 Å². The van der Waals surface area contributed by atoms with Crippen LogP contribution in [0.25, 0.3) is 0 Å². The maximum Gasteiger partial charge on any atom is 0.176 e. The van der Waals surface area contributed by atoms with Crippen LogP contribution in [0.5, 0.6) is 0 Å². The van der Waals surface area contributed by atoms with Crippen molar-refractivity contribution in [2.45, 2.75) is 85.4 Å². The first-order valence-corrected chi connectivity index (χ1v) is 9.97. The van der Waals surface area contributed by atoms with Gasteiger partial charge in [-0.05, 0) is 51.4 Å². The molecule has 0 aromatic carbocycles. The normalized spacial score (nSPS) is 24.1. The predicted molar refractivity (Wildman–Crippen MR) is 106 cm³/mol. The number of carbonyl (C=O) groups is 2. The molecule has 0 aromatic rings. The number of rotatable bonds is 10. The van der Waals surface area contributed by atoms with Gasteiger partial charge in [-0.25, -0.2) is 0 Å². The van der Waals surface area contributed by atoms with Crippen LogP contribution in [0.4, 0.5) is 0 Å². The van der Waals surface area contributed by atoms with Crippen molar-refractivity contribution >= 4 is 11.6 Å². The van der Waals surface area contributed by atoms with Gasteiger partial charge in [0.05, 0.1) is 12.0 Å². The van der Waals surface area contributed by atoms with Crippen molar-refractivity contribution in [1.29, 1.82) is 0 Å². The first kappa shape index (κ1) is 23.6. The van der Waals surface area contributed by atoms with Gasteiger partial charge in [-0.15, -0.1) is 0 Å².